The van der Waals surface area contributed by atoms with Crippen LogP contribution in [0.5, 0.6) is 0 Å². The minimum atomic E-state index is -0.395. The van der Waals surface area contributed by atoms with E-state index in [1.807, 2.05) is 36.7 Å². The molecule has 156 valence electrons. The summed E-state index contributed by atoms with van der Waals surface area (Å²) in [7, 11) is 3.25. The third kappa shape index (κ3) is 3.99. The maximum absolute atomic E-state index is 12.6. The molecule has 1 amide bonds. The van der Waals surface area contributed by atoms with Crippen molar-refractivity contribution < 1.29 is 14.3 Å². The summed E-state index contributed by atoms with van der Waals surface area (Å²) in [6, 6.07) is 8.05. The molecule has 0 fully saturated rings. The fourth-order valence-corrected chi connectivity index (χ4v) is 5.58. The third-order valence-electron chi connectivity index (χ3n) is 5.01. The first kappa shape index (κ1) is 20.6. The Morgan fingerprint density at radius 1 is 1.30 bits per heavy atom. The number of carbonyl (C=O) groups excluding carboxylic acids is 2. The smallest absolute Gasteiger partial charge is 0.341 e. The number of nitrogens with one attached hydrogen (secondary N) is 1. The van der Waals surface area contributed by atoms with E-state index in [0.717, 1.165) is 46.7 Å². The number of hydrogen-bond acceptors (Lipinski definition) is 7. The highest BCUT2D eigenvalue weighted by molar-refractivity contribution is 7.99. The van der Waals surface area contributed by atoms with Gasteiger partial charge in [0, 0.05) is 17.5 Å². The van der Waals surface area contributed by atoms with E-state index < -0.39 is 5.97 Å². The van der Waals surface area contributed by atoms with E-state index in [0.29, 0.717) is 15.7 Å². The second kappa shape index (κ2) is 8.61. The van der Waals surface area contributed by atoms with Crippen LogP contribution in [-0.4, -0.2) is 39.5 Å². The first-order valence-corrected chi connectivity index (χ1v) is 11.4. The molecule has 1 aliphatic rings. The topological polar surface area (TPSA) is 86.1 Å². The molecule has 4 rings (SSSR count). The van der Waals surface area contributed by atoms with Gasteiger partial charge in [-0.1, -0.05) is 35.5 Å². The summed E-state index contributed by atoms with van der Waals surface area (Å²) in [5, 5.41) is 12.6. The van der Waals surface area contributed by atoms with Crippen LogP contribution < -0.4 is 5.32 Å². The van der Waals surface area contributed by atoms with Crippen molar-refractivity contribution in [2.24, 2.45) is 7.05 Å². The predicted octanol–water partition coefficient (Wildman–Crippen LogP) is 3.86. The van der Waals surface area contributed by atoms with Gasteiger partial charge in [-0.3, -0.25) is 4.79 Å². The first-order chi connectivity index (χ1) is 14.5. The van der Waals surface area contributed by atoms with Gasteiger partial charge in [0.15, 0.2) is 11.0 Å². The number of rotatable bonds is 6. The molecule has 1 aliphatic carbocycles. The van der Waals surface area contributed by atoms with Crippen LogP contribution >= 0.6 is 23.1 Å². The summed E-state index contributed by atoms with van der Waals surface area (Å²) in [5.41, 5.74) is 3.66. The number of methoxy groups -OCH3 is 1. The Hall–Kier alpha value is -2.65. The largest absolute Gasteiger partial charge is 0.465 e. The van der Waals surface area contributed by atoms with Gasteiger partial charge in [0.2, 0.25) is 5.91 Å². The molecular weight excluding hydrogens is 420 g/mol. The van der Waals surface area contributed by atoms with Crippen LogP contribution in [0.2, 0.25) is 0 Å². The van der Waals surface area contributed by atoms with E-state index in [-0.39, 0.29) is 11.7 Å². The predicted molar refractivity (Wildman–Crippen MR) is 118 cm³/mol. The average Bonchev–Trinajstić information content (AvgIpc) is 3.40. The summed E-state index contributed by atoms with van der Waals surface area (Å²) in [4.78, 5) is 26.0. The maximum Gasteiger partial charge on any atom is 0.341 e. The van der Waals surface area contributed by atoms with Gasteiger partial charge in [0.25, 0.3) is 0 Å². The van der Waals surface area contributed by atoms with Crippen LogP contribution in [-0.2, 0) is 29.4 Å². The first-order valence-electron chi connectivity index (χ1n) is 9.60. The van der Waals surface area contributed by atoms with E-state index in [1.54, 1.807) is 0 Å². The Balaban J connectivity index is 1.45. The van der Waals surface area contributed by atoms with Crippen molar-refractivity contribution in [3.05, 3.63) is 45.8 Å². The van der Waals surface area contributed by atoms with Crippen LogP contribution in [0.1, 0.15) is 32.8 Å². The zero-order valence-electron chi connectivity index (χ0n) is 17.0. The second-order valence-electron chi connectivity index (χ2n) is 7.12. The maximum atomic E-state index is 12.6. The number of thiophene rings is 1. The van der Waals surface area contributed by atoms with Crippen molar-refractivity contribution in [1.29, 1.82) is 0 Å². The Labute approximate surface area is 182 Å². The number of ether oxygens (including phenoxy) is 1. The van der Waals surface area contributed by atoms with Gasteiger partial charge in [-0.2, -0.15) is 0 Å². The van der Waals surface area contributed by atoms with Crippen molar-refractivity contribution in [3.8, 4) is 11.4 Å². The van der Waals surface area contributed by atoms with Gasteiger partial charge in [0.1, 0.15) is 5.00 Å². The Morgan fingerprint density at radius 3 is 2.90 bits per heavy atom. The number of esters is 1. The minimum absolute atomic E-state index is 0.170. The molecule has 9 heteroatoms. The van der Waals surface area contributed by atoms with Gasteiger partial charge in [-0.05, 0) is 37.8 Å². The fraction of sp³-hybridized carbons (Fsp3) is 0.333. The van der Waals surface area contributed by atoms with Crippen molar-refractivity contribution >= 4 is 40.0 Å². The lowest BCUT2D eigenvalue weighted by Crippen LogP contribution is -2.16. The number of carbonyl (C=O) groups is 2. The number of amides is 1. The van der Waals surface area contributed by atoms with Crippen molar-refractivity contribution in [2.75, 3.05) is 18.2 Å². The quantitative estimate of drug-likeness (QED) is 0.461. The van der Waals surface area contributed by atoms with Crippen LogP contribution in [0.15, 0.2) is 29.4 Å². The summed E-state index contributed by atoms with van der Waals surface area (Å²) in [5.74, 6) is 0.339. The van der Waals surface area contributed by atoms with E-state index in [2.05, 4.69) is 21.6 Å². The molecule has 30 heavy (non-hydrogen) atoms. The number of aryl methyl sites for hydroxylation is 2. The van der Waals surface area contributed by atoms with Gasteiger partial charge in [-0.25, -0.2) is 4.79 Å². The van der Waals surface area contributed by atoms with Crippen LogP contribution in [0.3, 0.4) is 0 Å². The third-order valence-corrected chi connectivity index (χ3v) is 7.23. The molecule has 0 spiro atoms. The zero-order chi connectivity index (χ0) is 21.3. The second-order valence-corrected chi connectivity index (χ2v) is 9.17. The van der Waals surface area contributed by atoms with Gasteiger partial charge < -0.3 is 14.6 Å². The van der Waals surface area contributed by atoms with Crippen LogP contribution in [0.25, 0.3) is 11.4 Å². The van der Waals surface area contributed by atoms with Gasteiger partial charge >= 0.3 is 5.97 Å². The number of nitrogens with zero attached hydrogens (tertiary/aromatic N) is 3. The summed E-state index contributed by atoms with van der Waals surface area (Å²) in [6.07, 6.45) is 2.82. The van der Waals surface area contributed by atoms with E-state index in [1.165, 1.54) is 30.2 Å². The highest BCUT2D eigenvalue weighted by Crippen LogP contribution is 2.39. The molecule has 0 bridgehead atoms. The Kier molecular flexibility index (Phi) is 5.92. The Bertz CT molecular complexity index is 1120. The minimum Gasteiger partial charge on any atom is -0.465 e. The van der Waals surface area contributed by atoms with Gasteiger partial charge in [0.05, 0.1) is 18.4 Å². The molecule has 1 N–H and O–H groups in total. The van der Waals surface area contributed by atoms with Gasteiger partial charge in [-0.15, -0.1) is 21.5 Å². The van der Waals surface area contributed by atoms with E-state index >= 15 is 0 Å². The average molecular weight is 443 g/mol. The lowest BCUT2D eigenvalue weighted by Gasteiger charge is -2.07. The molecule has 2 heterocycles. The molecule has 0 atom stereocenters. The molecule has 7 nitrogen and oxygen atoms in total. The highest BCUT2D eigenvalue weighted by atomic mass is 32.2. The lowest BCUT2D eigenvalue weighted by atomic mass is 10.1. The fourth-order valence-electron chi connectivity index (χ4n) is 3.58. The number of aromatic nitrogens is 3. The molecule has 0 radical (unpaired) electrons. The molecule has 0 aliphatic heterocycles. The number of fused-ring (bicyclic) bond motifs is 1. The molecule has 2 aromatic heterocycles. The molecule has 0 saturated carbocycles. The highest BCUT2D eigenvalue weighted by Gasteiger charge is 2.28. The molecule has 3 aromatic rings. The normalized spacial score (nSPS) is 12.6. The van der Waals surface area contributed by atoms with E-state index in [4.69, 9.17) is 4.74 Å². The summed E-state index contributed by atoms with van der Waals surface area (Å²) in [6.45, 7) is 2.03. The Morgan fingerprint density at radius 2 is 2.13 bits per heavy atom. The van der Waals surface area contributed by atoms with Crippen LogP contribution in [0, 0.1) is 6.92 Å². The lowest BCUT2D eigenvalue weighted by molar-refractivity contribution is -0.113. The molecule has 1 aromatic carbocycles. The van der Waals surface area contributed by atoms with Crippen molar-refractivity contribution in [1.82, 2.24) is 14.8 Å². The number of thioether (sulfide) groups is 1. The molecular formula is C21H22N4O3S2. The summed E-state index contributed by atoms with van der Waals surface area (Å²) >= 11 is 2.78. The van der Waals surface area contributed by atoms with Crippen molar-refractivity contribution in [3.63, 3.8) is 0 Å². The number of hydrogen-bond donors (Lipinski definition) is 1. The summed E-state index contributed by atoms with van der Waals surface area (Å²) < 4.78 is 6.81. The monoisotopic (exact) mass is 442 g/mol. The zero-order valence-corrected chi connectivity index (χ0v) is 18.7. The molecule has 0 unspecified atom stereocenters. The van der Waals surface area contributed by atoms with Crippen molar-refractivity contribution in [2.45, 2.75) is 31.3 Å². The number of anilines is 1. The van der Waals surface area contributed by atoms with E-state index in [9.17, 15) is 9.59 Å². The van der Waals surface area contributed by atoms with Crippen LogP contribution in [0.4, 0.5) is 5.00 Å². The SMILES string of the molecule is COC(=O)c1c(NC(=O)CSc2nnc(-c3cccc(C)c3)n2C)sc2c1CCC2. The standard InChI is InChI=1S/C21H22N4O3S2/c1-12-6-4-7-13(10-12)18-23-24-21(25(18)2)29-11-16(26)22-19-17(20(27)28-3)14-8-5-9-15(14)30-19/h4,6-7,10H,5,8-9,11H2,1-3H3,(H,22,26). The molecule has 0 saturated heterocycles. The number of benzene rings is 1.